The summed E-state index contributed by atoms with van der Waals surface area (Å²) in [5, 5.41) is 5.76. The molecule has 4 rings (SSSR count). The number of hydrogen-bond donors (Lipinski definition) is 1. The van der Waals surface area contributed by atoms with Gasteiger partial charge in [0.25, 0.3) is 0 Å². The first-order chi connectivity index (χ1) is 11.3. The molecule has 0 spiro atoms. The topological polar surface area (TPSA) is 63.8 Å². The van der Waals surface area contributed by atoms with E-state index in [2.05, 4.69) is 20.3 Å². The zero-order chi connectivity index (χ0) is 15.6. The number of para-hydroxylation sites is 1. The number of thiophene rings is 1. The Bertz CT molecular complexity index is 952. The molecule has 0 unspecified atom stereocenters. The molecule has 0 aliphatic carbocycles. The van der Waals surface area contributed by atoms with Gasteiger partial charge in [-0.15, -0.1) is 11.3 Å². The molecule has 1 N–H and O–H groups in total. The molecular weight excluding hydrogens is 315 g/mol. The molecular formula is C16H11FN4OS. The molecule has 0 saturated carbocycles. The lowest BCUT2D eigenvalue weighted by Gasteiger charge is -2.06. The fourth-order valence-electron chi connectivity index (χ4n) is 2.27. The third-order valence-corrected chi connectivity index (χ3v) is 4.19. The maximum atomic E-state index is 13.7. The van der Waals surface area contributed by atoms with Crippen LogP contribution in [0.5, 0.6) is 0 Å². The van der Waals surface area contributed by atoms with Crippen molar-refractivity contribution in [2.24, 2.45) is 0 Å². The van der Waals surface area contributed by atoms with Gasteiger partial charge in [-0.05, 0) is 23.6 Å². The van der Waals surface area contributed by atoms with Crippen molar-refractivity contribution in [2.75, 3.05) is 5.32 Å². The predicted octanol–water partition coefficient (Wildman–Crippen LogP) is 4.10. The van der Waals surface area contributed by atoms with Crippen molar-refractivity contribution in [2.45, 2.75) is 6.54 Å². The number of aromatic nitrogens is 3. The van der Waals surface area contributed by atoms with Crippen LogP contribution in [0, 0.1) is 5.82 Å². The van der Waals surface area contributed by atoms with Crippen LogP contribution in [0.25, 0.3) is 21.7 Å². The zero-order valence-electron chi connectivity index (χ0n) is 11.9. The monoisotopic (exact) mass is 326 g/mol. The fourth-order valence-corrected chi connectivity index (χ4v) is 2.92. The Morgan fingerprint density at radius 2 is 2.13 bits per heavy atom. The molecule has 3 aromatic heterocycles. The minimum atomic E-state index is -0.366. The molecule has 0 aliphatic rings. The largest absolute Gasteiger partial charge is 0.443 e. The summed E-state index contributed by atoms with van der Waals surface area (Å²) in [5.74, 6) is 0.792. The third-order valence-electron chi connectivity index (χ3n) is 3.34. The lowest BCUT2D eigenvalue weighted by Crippen LogP contribution is -2.03. The second-order valence-corrected chi connectivity index (χ2v) is 5.78. The van der Waals surface area contributed by atoms with Crippen molar-refractivity contribution < 1.29 is 8.81 Å². The molecule has 114 valence electrons. The molecule has 0 saturated heterocycles. The van der Waals surface area contributed by atoms with E-state index in [0.29, 0.717) is 29.2 Å². The fraction of sp³-hybridized carbons (Fsp3) is 0.0625. The summed E-state index contributed by atoms with van der Waals surface area (Å²) in [7, 11) is 0. The summed E-state index contributed by atoms with van der Waals surface area (Å²) in [6.07, 6.45) is 2.94. The van der Waals surface area contributed by atoms with Crippen LogP contribution in [-0.2, 0) is 6.54 Å². The van der Waals surface area contributed by atoms with Crippen LogP contribution >= 0.6 is 11.3 Å². The van der Waals surface area contributed by atoms with Gasteiger partial charge in [-0.2, -0.15) is 0 Å². The molecule has 3 heterocycles. The van der Waals surface area contributed by atoms with E-state index in [1.165, 1.54) is 12.4 Å². The Labute approximate surface area is 134 Å². The van der Waals surface area contributed by atoms with E-state index in [-0.39, 0.29) is 5.82 Å². The van der Waals surface area contributed by atoms with Crippen LogP contribution < -0.4 is 5.32 Å². The van der Waals surface area contributed by atoms with Crippen LogP contribution in [0.2, 0.25) is 0 Å². The Hall–Kier alpha value is -2.80. The summed E-state index contributed by atoms with van der Waals surface area (Å²) in [5.41, 5.74) is 1.04. The highest BCUT2D eigenvalue weighted by Gasteiger charge is 2.10. The normalized spacial score (nSPS) is 11.0. The molecule has 0 atom stereocenters. The molecule has 7 heteroatoms. The van der Waals surface area contributed by atoms with E-state index in [9.17, 15) is 4.39 Å². The molecule has 23 heavy (non-hydrogen) atoms. The van der Waals surface area contributed by atoms with E-state index in [0.717, 1.165) is 10.6 Å². The molecule has 4 aromatic rings. The van der Waals surface area contributed by atoms with Crippen LogP contribution in [0.4, 0.5) is 10.2 Å². The SMILES string of the molecule is Fc1cccc2c(NCc3coc(-c4cccs4)n3)ncnc12. The number of hydrogen-bond acceptors (Lipinski definition) is 6. The minimum absolute atomic E-state index is 0.296. The highest BCUT2D eigenvalue weighted by molar-refractivity contribution is 7.13. The molecule has 0 bridgehead atoms. The van der Waals surface area contributed by atoms with Gasteiger partial charge in [-0.1, -0.05) is 12.1 Å². The first-order valence-corrected chi connectivity index (χ1v) is 7.80. The Morgan fingerprint density at radius 3 is 3.00 bits per heavy atom. The Morgan fingerprint density at radius 1 is 1.17 bits per heavy atom. The van der Waals surface area contributed by atoms with Crippen molar-refractivity contribution >= 4 is 28.1 Å². The predicted molar refractivity (Wildman–Crippen MR) is 86.6 cm³/mol. The molecule has 0 amide bonds. The van der Waals surface area contributed by atoms with Gasteiger partial charge in [0.1, 0.15) is 29.7 Å². The van der Waals surface area contributed by atoms with Gasteiger partial charge in [0.2, 0.25) is 5.89 Å². The second kappa shape index (κ2) is 5.77. The van der Waals surface area contributed by atoms with Gasteiger partial charge in [0.15, 0.2) is 0 Å². The number of nitrogens with zero attached hydrogens (tertiary/aromatic N) is 3. The zero-order valence-corrected chi connectivity index (χ0v) is 12.7. The van der Waals surface area contributed by atoms with Crippen LogP contribution in [-0.4, -0.2) is 15.0 Å². The van der Waals surface area contributed by atoms with Crippen LogP contribution in [0.1, 0.15) is 5.69 Å². The first-order valence-electron chi connectivity index (χ1n) is 6.92. The van der Waals surface area contributed by atoms with Crippen molar-refractivity contribution in [3.8, 4) is 10.8 Å². The van der Waals surface area contributed by atoms with E-state index >= 15 is 0 Å². The van der Waals surface area contributed by atoms with Gasteiger partial charge < -0.3 is 9.73 Å². The molecule has 0 aliphatic heterocycles. The lowest BCUT2D eigenvalue weighted by molar-refractivity contribution is 0.574. The van der Waals surface area contributed by atoms with Gasteiger partial charge in [-0.25, -0.2) is 19.3 Å². The maximum Gasteiger partial charge on any atom is 0.236 e. The van der Waals surface area contributed by atoms with E-state index in [1.54, 1.807) is 29.7 Å². The van der Waals surface area contributed by atoms with Crippen molar-refractivity contribution in [1.82, 2.24) is 15.0 Å². The standard InChI is InChI=1S/C16H11FN4OS/c17-12-4-1-3-11-14(12)19-9-20-15(11)18-7-10-8-22-16(21-10)13-5-2-6-23-13/h1-6,8-9H,7H2,(H,18,19,20). The van der Waals surface area contributed by atoms with Gasteiger partial charge in [0, 0.05) is 5.39 Å². The highest BCUT2D eigenvalue weighted by atomic mass is 32.1. The molecule has 0 radical (unpaired) electrons. The van der Waals surface area contributed by atoms with Crippen LogP contribution in [0.15, 0.2) is 52.7 Å². The average Bonchev–Trinajstić information content (AvgIpc) is 3.25. The number of anilines is 1. The smallest absolute Gasteiger partial charge is 0.236 e. The minimum Gasteiger partial charge on any atom is -0.443 e. The summed E-state index contributed by atoms with van der Waals surface area (Å²) in [4.78, 5) is 13.6. The molecule has 5 nitrogen and oxygen atoms in total. The molecule has 0 fully saturated rings. The summed E-state index contributed by atoms with van der Waals surface area (Å²) >= 11 is 1.57. The van der Waals surface area contributed by atoms with Crippen molar-refractivity contribution in [3.05, 3.63) is 59.8 Å². The summed E-state index contributed by atoms with van der Waals surface area (Å²) in [6.45, 7) is 0.428. The van der Waals surface area contributed by atoms with E-state index in [1.807, 2.05) is 17.5 Å². The quantitative estimate of drug-likeness (QED) is 0.612. The van der Waals surface area contributed by atoms with E-state index in [4.69, 9.17) is 4.42 Å². The van der Waals surface area contributed by atoms with Gasteiger partial charge in [0.05, 0.1) is 17.1 Å². The molecule has 1 aromatic carbocycles. The highest BCUT2D eigenvalue weighted by Crippen LogP contribution is 2.25. The number of halogens is 1. The van der Waals surface area contributed by atoms with Crippen LogP contribution in [0.3, 0.4) is 0 Å². The number of benzene rings is 1. The lowest BCUT2D eigenvalue weighted by atomic mass is 10.2. The number of oxazole rings is 1. The first kappa shape index (κ1) is 13.8. The summed E-state index contributed by atoms with van der Waals surface area (Å²) < 4.78 is 19.2. The Kier molecular flexibility index (Phi) is 3.47. The van der Waals surface area contributed by atoms with Crippen molar-refractivity contribution in [1.29, 1.82) is 0 Å². The average molecular weight is 326 g/mol. The second-order valence-electron chi connectivity index (χ2n) is 4.83. The van der Waals surface area contributed by atoms with Gasteiger partial charge in [-0.3, -0.25) is 0 Å². The maximum absolute atomic E-state index is 13.7. The Balaban J connectivity index is 1.57. The number of rotatable bonds is 4. The van der Waals surface area contributed by atoms with Gasteiger partial charge >= 0.3 is 0 Å². The number of nitrogens with one attached hydrogen (secondary N) is 1. The van der Waals surface area contributed by atoms with E-state index < -0.39 is 0 Å². The third kappa shape index (κ3) is 2.66. The summed E-state index contributed by atoms with van der Waals surface area (Å²) in [6, 6.07) is 8.69. The number of fused-ring (bicyclic) bond motifs is 1. The van der Waals surface area contributed by atoms with Crippen molar-refractivity contribution in [3.63, 3.8) is 0 Å².